The summed E-state index contributed by atoms with van der Waals surface area (Å²) in [6, 6.07) is 5.90. The molecule has 1 unspecified atom stereocenters. The molecule has 4 nitrogen and oxygen atoms in total. The molecule has 3 rings (SSSR count). The van der Waals surface area contributed by atoms with Gasteiger partial charge in [0, 0.05) is 30.9 Å². The van der Waals surface area contributed by atoms with Crippen LogP contribution in [0.25, 0.3) is 0 Å². The van der Waals surface area contributed by atoms with Crippen LogP contribution in [-0.4, -0.2) is 31.7 Å². The van der Waals surface area contributed by atoms with Crippen LogP contribution in [0.15, 0.2) is 18.2 Å². The SMILES string of the molecule is O=C(NCC1CCCO1)c1cccc2c1CCCN2. The number of amides is 1. The van der Waals surface area contributed by atoms with E-state index < -0.39 is 0 Å². The zero-order chi connectivity index (χ0) is 13.1. The average Bonchev–Trinajstić information content (AvgIpc) is 2.97. The van der Waals surface area contributed by atoms with E-state index in [1.807, 2.05) is 18.2 Å². The van der Waals surface area contributed by atoms with Gasteiger partial charge in [0.25, 0.3) is 5.91 Å². The van der Waals surface area contributed by atoms with Crippen molar-refractivity contribution in [3.05, 3.63) is 29.3 Å². The van der Waals surface area contributed by atoms with Crippen molar-refractivity contribution in [1.29, 1.82) is 0 Å². The number of rotatable bonds is 3. The minimum absolute atomic E-state index is 0.0241. The third-order valence-corrected chi connectivity index (χ3v) is 3.85. The van der Waals surface area contributed by atoms with Crippen LogP contribution < -0.4 is 10.6 Å². The summed E-state index contributed by atoms with van der Waals surface area (Å²) in [5, 5.41) is 6.35. The van der Waals surface area contributed by atoms with E-state index in [0.29, 0.717) is 6.54 Å². The summed E-state index contributed by atoms with van der Waals surface area (Å²) in [6.45, 7) is 2.44. The highest BCUT2D eigenvalue weighted by molar-refractivity contribution is 5.97. The first-order valence-corrected chi connectivity index (χ1v) is 7.10. The van der Waals surface area contributed by atoms with Gasteiger partial charge in [-0.2, -0.15) is 0 Å². The molecular weight excluding hydrogens is 240 g/mol. The maximum Gasteiger partial charge on any atom is 0.251 e. The summed E-state index contributed by atoms with van der Waals surface area (Å²) in [5.74, 6) is 0.0241. The summed E-state index contributed by atoms with van der Waals surface area (Å²) in [7, 11) is 0. The highest BCUT2D eigenvalue weighted by Crippen LogP contribution is 2.25. The van der Waals surface area contributed by atoms with Crippen LogP contribution >= 0.6 is 0 Å². The first kappa shape index (κ1) is 12.5. The molecule has 0 saturated carbocycles. The molecule has 1 amide bonds. The Morgan fingerprint density at radius 3 is 3.21 bits per heavy atom. The predicted octanol–water partition coefficient (Wildman–Crippen LogP) is 1.95. The fourth-order valence-electron chi connectivity index (χ4n) is 2.83. The van der Waals surface area contributed by atoms with Crippen molar-refractivity contribution in [1.82, 2.24) is 5.32 Å². The molecule has 2 heterocycles. The van der Waals surface area contributed by atoms with Crippen molar-refractivity contribution in [2.75, 3.05) is 25.0 Å². The van der Waals surface area contributed by atoms with Crippen LogP contribution in [0.5, 0.6) is 0 Å². The number of anilines is 1. The minimum Gasteiger partial charge on any atom is -0.385 e. The Hall–Kier alpha value is -1.55. The van der Waals surface area contributed by atoms with E-state index in [1.54, 1.807) is 0 Å². The number of nitrogens with one attached hydrogen (secondary N) is 2. The lowest BCUT2D eigenvalue weighted by Gasteiger charge is -2.21. The molecule has 0 aromatic heterocycles. The molecule has 0 bridgehead atoms. The third-order valence-electron chi connectivity index (χ3n) is 3.85. The molecule has 0 aliphatic carbocycles. The van der Waals surface area contributed by atoms with E-state index in [0.717, 1.165) is 55.6 Å². The van der Waals surface area contributed by atoms with E-state index >= 15 is 0 Å². The molecule has 1 aromatic carbocycles. The van der Waals surface area contributed by atoms with Gasteiger partial charge in [0.05, 0.1) is 6.10 Å². The van der Waals surface area contributed by atoms with Gasteiger partial charge in [0.1, 0.15) is 0 Å². The number of benzene rings is 1. The molecular formula is C15H20N2O2. The zero-order valence-electron chi connectivity index (χ0n) is 11.1. The molecule has 1 atom stereocenters. The molecule has 102 valence electrons. The zero-order valence-corrected chi connectivity index (χ0v) is 11.1. The highest BCUT2D eigenvalue weighted by atomic mass is 16.5. The van der Waals surface area contributed by atoms with Crippen LogP contribution in [0.2, 0.25) is 0 Å². The number of hydrogen-bond acceptors (Lipinski definition) is 3. The smallest absolute Gasteiger partial charge is 0.251 e. The van der Waals surface area contributed by atoms with Crippen molar-refractivity contribution in [2.45, 2.75) is 31.8 Å². The van der Waals surface area contributed by atoms with Crippen LogP contribution in [-0.2, 0) is 11.2 Å². The Kier molecular flexibility index (Phi) is 3.69. The predicted molar refractivity (Wildman–Crippen MR) is 74.6 cm³/mol. The second kappa shape index (κ2) is 5.61. The van der Waals surface area contributed by atoms with E-state index in [9.17, 15) is 4.79 Å². The first-order valence-electron chi connectivity index (χ1n) is 7.10. The maximum atomic E-state index is 12.3. The van der Waals surface area contributed by atoms with E-state index in [2.05, 4.69) is 10.6 Å². The maximum absolute atomic E-state index is 12.3. The van der Waals surface area contributed by atoms with Gasteiger partial charge in [0.15, 0.2) is 0 Å². The highest BCUT2D eigenvalue weighted by Gasteiger charge is 2.20. The van der Waals surface area contributed by atoms with Gasteiger partial charge in [-0.15, -0.1) is 0 Å². The number of hydrogen-bond donors (Lipinski definition) is 2. The number of ether oxygens (including phenoxy) is 1. The second-order valence-corrected chi connectivity index (χ2v) is 5.21. The Balaban J connectivity index is 1.68. The van der Waals surface area contributed by atoms with Gasteiger partial charge in [-0.05, 0) is 43.4 Å². The van der Waals surface area contributed by atoms with Gasteiger partial charge in [-0.25, -0.2) is 0 Å². The molecule has 2 aliphatic heterocycles. The molecule has 0 spiro atoms. The van der Waals surface area contributed by atoms with E-state index in [4.69, 9.17) is 4.74 Å². The van der Waals surface area contributed by atoms with Gasteiger partial charge in [-0.3, -0.25) is 4.79 Å². The van der Waals surface area contributed by atoms with Crippen LogP contribution in [0.1, 0.15) is 35.2 Å². The fraction of sp³-hybridized carbons (Fsp3) is 0.533. The topological polar surface area (TPSA) is 50.4 Å². The van der Waals surface area contributed by atoms with Crippen molar-refractivity contribution in [2.24, 2.45) is 0 Å². The quantitative estimate of drug-likeness (QED) is 0.873. The Morgan fingerprint density at radius 2 is 2.37 bits per heavy atom. The van der Waals surface area contributed by atoms with E-state index in [1.165, 1.54) is 0 Å². The lowest BCUT2D eigenvalue weighted by Crippen LogP contribution is -2.32. The lowest BCUT2D eigenvalue weighted by molar-refractivity contribution is 0.0857. The summed E-state index contributed by atoms with van der Waals surface area (Å²) >= 11 is 0. The normalized spacial score (nSPS) is 21.6. The standard InChI is InChI=1S/C15H20N2O2/c18-15(17-10-11-4-3-9-19-11)13-5-1-7-14-12(13)6-2-8-16-14/h1,5,7,11,16H,2-4,6,8-10H2,(H,17,18). The average molecular weight is 260 g/mol. The summed E-state index contributed by atoms with van der Waals surface area (Å²) in [4.78, 5) is 12.3. The fourth-order valence-corrected chi connectivity index (χ4v) is 2.83. The Labute approximate surface area is 113 Å². The molecule has 2 aliphatic rings. The van der Waals surface area contributed by atoms with Gasteiger partial charge in [0.2, 0.25) is 0 Å². The van der Waals surface area contributed by atoms with Crippen molar-refractivity contribution >= 4 is 11.6 Å². The molecule has 1 saturated heterocycles. The lowest BCUT2D eigenvalue weighted by atomic mass is 9.97. The van der Waals surface area contributed by atoms with Crippen LogP contribution in [0.3, 0.4) is 0 Å². The minimum atomic E-state index is 0.0241. The second-order valence-electron chi connectivity index (χ2n) is 5.21. The molecule has 1 fully saturated rings. The van der Waals surface area contributed by atoms with Crippen molar-refractivity contribution in [3.8, 4) is 0 Å². The van der Waals surface area contributed by atoms with Gasteiger partial charge >= 0.3 is 0 Å². The molecule has 19 heavy (non-hydrogen) atoms. The number of carbonyl (C=O) groups excluding carboxylic acids is 1. The monoisotopic (exact) mass is 260 g/mol. The summed E-state index contributed by atoms with van der Waals surface area (Å²) < 4.78 is 5.52. The number of fused-ring (bicyclic) bond motifs is 1. The third kappa shape index (κ3) is 2.73. The molecule has 4 heteroatoms. The molecule has 2 N–H and O–H groups in total. The summed E-state index contributed by atoms with van der Waals surface area (Å²) in [6.07, 6.45) is 4.41. The summed E-state index contributed by atoms with van der Waals surface area (Å²) in [5.41, 5.74) is 3.07. The van der Waals surface area contributed by atoms with Gasteiger partial charge < -0.3 is 15.4 Å². The van der Waals surface area contributed by atoms with Crippen LogP contribution in [0.4, 0.5) is 5.69 Å². The molecule has 1 aromatic rings. The molecule has 0 radical (unpaired) electrons. The first-order chi connectivity index (χ1) is 9.34. The van der Waals surface area contributed by atoms with Crippen LogP contribution in [0, 0.1) is 0 Å². The number of carbonyl (C=O) groups is 1. The van der Waals surface area contributed by atoms with Crippen molar-refractivity contribution in [3.63, 3.8) is 0 Å². The Morgan fingerprint density at radius 1 is 1.42 bits per heavy atom. The van der Waals surface area contributed by atoms with E-state index in [-0.39, 0.29) is 12.0 Å². The van der Waals surface area contributed by atoms with Crippen molar-refractivity contribution < 1.29 is 9.53 Å². The van der Waals surface area contributed by atoms with Gasteiger partial charge in [-0.1, -0.05) is 6.07 Å². The Bertz CT molecular complexity index is 467. The largest absolute Gasteiger partial charge is 0.385 e.